The lowest BCUT2D eigenvalue weighted by molar-refractivity contribution is 0.433. The fraction of sp³-hybridized carbons (Fsp3) is 0.800. The van der Waals surface area contributed by atoms with Crippen molar-refractivity contribution in [1.82, 2.24) is 10.2 Å². The first-order valence-corrected chi connectivity index (χ1v) is 7.18. The third-order valence-electron chi connectivity index (χ3n) is 2.88. The molecule has 0 aliphatic carbocycles. The molecule has 0 amide bonds. The average Bonchev–Trinajstić information content (AvgIpc) is 2.66. The van der Waals surface area contributed by atoms with Crippen molar-refractivity contribution in [2.45, 2.75) is 45.1 Å². The van der Waals surface area contributed by atoms with Crippen LogP contribution in [0, 0.1) is 0 Å². The second kappa shape index (κ2) is 5.25. The molecule has 0 N–H and O–H groups in total. The summed E-state index contributed by atoms with van der Waals surface area (Å²) in [5.41, 5.74) is 0. The van der Waals surface area contributed by atoms with Crippen molar-refractivity contribution in [3.05, 3.63) is 3.92 Å². The van der Waals surface area contributed by atoms with Crippen LogP contribution in [0.4, 0.5) is 5.13 Å². The topological polar surface area (TPSA) is 29.0 Å². The number of hydrogen-bond acceptors (Lipinski definition) is 4. The Morgan fingerprint density at radius 3 is 3.00 bits per heavy atom. The summed E-state index contributed by atoms with van der Waals surface area (Å²) in [6.45, 7) is 3.40. The number of halogens is 1. The molecule has 5 heteroatoms. The SMILES string of the molecule is CCCC1CCCCN1c1nnc(Br)s1. The maximum atomic E-state index is 4.22. The second-order valence-corrected chi connectivity index (χ2v) is 6.20. The van der Waals surface area contributed by atoms with Gasteiger partial charge in [0.15, 0.2) is 3.92 Å². The van der Waals surface area contributed by atoms with Gasteiger partial charge in [-0.1, -0.05) is 24.7 Å². The Bertz CT molecular complexity index is 313. The molecule has 3 nitrogen and oxygen atoms in total. The fourth-order valence-electron chi connectivity index (χ4n) is 2.20. The van der Waals surface area contributed by atoms with Gasteiger partial charge in [-0.05, 0) is 41.6 Å². The van der Waals surface area contributed by atoms with Crippen molar-refractivity contribution >= 4 is 32.4 Å². The van der Waals surface area contributed by atoms with Crippen LogP contribution in [0.2, 0.25) is 0 Å². The predicted molar refractivity (Wildman–Crippen MR) is 67.5 cm³/mol. The van der Waals surface area contributed by atoms with Gasteiger partial charge in [-0.3, -0.25) is 0 Å². The highest BCUT2D eigenvalue weighted by atomic mass is 79.9. The van der Waals surface area contributed by atoms with Crippen LogP contribution in [0.15, 0.2) is 3.92 Å². The summed E-state index contributed by atoms with van der Waals surface area (Å²) >= 11 is 5.02. The maximum Gasteiger partial charge on any atom is 0.209 e. The van der Waals surface area contributed by atoms with Gasteiger partial charge in [0.05, 0.1) is 0 Å². The van der Waals surface area contributed by atoms with Crippen molar-refractivity contribution < 1.29 is 0 Å². The molecule has 0 spiro atoms. The van der Waals surface area contributed by atoms with E-state index in [-0.39, 0.29) is 0 Å². The Hall–Kier alpha value is -0.160. The molecular formula is C10H16BrN3S. The molecule has 15 heavy (non-hydrogen) atoms. The fourth-order valence-corrected chi connectivity index (χ4v) is 3.39. The van der Waals surface area contributed by atoms with Crippen LogP contribution in [-0.4, -0.2) is 22.8 Å². The monoisotopic (exact) mass is 289 g/mol. The zero-order valence-electron chi connectivity index (χ0n) is 8.95. The molecule has 2 heterocycles. The van der Waals surface area contributed by atoms with Gasteiger partial charge < -0.3 is 4.90 Å². The van der Waals surface area contributed by atoms with Gasteiger partial charge in [-0.25, -0.2) is 0 Å². The van der Waals surface area contributed by atoms with E-state index in [2.05, 4.69) is 38.0 Å². The van der Waals surface area contributed by atoms with Crippen LogP contribution in [-0.2, 0) is 0 Å². The van der Waals surface area contributed by atoms with E-state index in [4.69, 9.17) is 0 Å². The zero-order chi connectivity index (χ0) is 10.7. The summed E-state index contributed by atoms with van der Waals surface area (Å²) in [5, 5.41) is 9.33. The maximum absolute atomic E-state index is 4.22. The summed E-state index contributed by atoms with van der Waals surface area (Å²) in [6, 6.07) is 0.684. The summed E-state index contributed by atoms with van der Waals surface area (Å²) in [6.07, 6.45) is 6.49. The van der Waals surface area contributed by atoms with Crippen LogP contribution in [0.1, 0.15) is 39.0 Å². The Balaban J connectivity index is 2.10. The van der Waals surface area contributed by atoms with E-state index >= 15 is 0 Å². The first kappa shape index (κ1) is 11.3. The van der Waals surface area contributed by atoms with E-state index < -0.39 is 0 Å². The van der Waals surface area contributed by atoms with Gasteiger partial charge in [0, 0.05) is 12.6 Å². The van der Waals surface area contributed by atoms with Crippen molar-refractivity contribution in [2.75, 3.05) is 11.4 Å². The highest BCUT2D eigenvalue weighted by molar-refractivity contribution is 9.11. The molecular weight excluding hydrogens is 274 g/mol. The van der Waals surface area contributed by atoms with Crippen molar-refractivity contribution in [2.24, 2.45) is 0 Å². The second-order valence-electron chi connectivity index (χ2n) is 3.97. The summed E-state index contributed by atoms with van der Waals surface area (Å²) in [4.78, 5) is 2.44. The minimum atomic E-state index is 0.684. The Kier molecular flexibility index (Phi) is 3.97. The van der Waals surface area contributed by atoms with E-state index in [1.807, 2.05) is 0 Å². The quantitative estimate of drug-likeness (QED) is 0.853. The molecule has 0 radical (unpaired) electrons. The van der Waals surface area contributed by atoms with E-state index in [1.165, 1.54) is 32.1 Å². The van der Waals surface area contributed by atoms with Crippen LogP contribution >= 0.6 is 27.3 Å². The lowest BCUT2D eigenvalue weighted by Gasteiger charge is -2.35. The van der Waals surface area contributed by atoms with Crippen LogP contribution in [0.3, 0.4) is 0 Å². The van der Waals surface area contributed by atoms with Gasteiger partial charge in [-0.2, -0.15) is 0 Å². The smallest absolute Gasteiger partial charge is 0.209 e. The number of hydrogen-bond donors (Lipinski definition) is 0. The normalized spacial score (nSPS) is 22.0. The predicted octanol–water partition coefficient (Wildman–Crippen LogP) is 3.46. The van der Waals surface area contributed by atoms with Gasteiger partial charge in [0.1, 0.15) is 0 Å². The van der Waals surface area contributed by atoms with Crippen LogP contribution in [0.25, 0.3) is 0 Å². The van der Waals surface area contributed by atoms with Gasteiger partial charge in [-0.15, -0.1) is 10.2 Å². The molecule has 0 bridgehead atoms. The number of nitrogens with zero attached hydrogens (tertiary/aromatic N) is 3. The Morgan fingerprint density at radius 1 is 1.47 bits per heavy atom. The van der Waals surface area contributed by atoms with Crippen molar-refractivity contribution in [1.29, 1.82) is 0 Å². The van der Waals surface area contributed by atoms with Crippen molar-refractivity contribution in [3.8, 4) is 0 Å². The largest absolute Gasteiger partial charge is 0.344 e. The Morgan fingerprint density at radius 2 is 2.33 bits per heavy atom. The molecule has 1 unspecified atom stereocenters. The lowest BCUT2D eigenvalue weighted by atomic mass is 9.99. The summed E-state index contributed by atoms with van der Waals surface area (Å²) in [5.74, 6) is 0. The number of rotatable bonds is 3. The van der Waals surface area contributed by atoms with Gasteiger partial charge in [0.25, 0.3) is 0 Å². The first-order valence-electron chi connectivity index (χ1n) is 5.57. The molecule has 1 atom stereocenters. The highest BCUT2D eigenvalue weighted by Gasteiger charge is 2.24. The highest BCUT2D eigenvalue weighted by Crippen LogP contribution is 2.31. The molecule has 2 rings (SSSR count). The number of anilines is 1. The van der Waals surface area contributed by atoms with Gasteiger partial charge >= 0.3 is 0 Å². The van der Waals surface area contributed by atoms with Gasteiger partial charge in [0.2, 0.25) is 5.13 Å². The summed E-state index contributed by atoms with van der Waals surface area (Å²) < 4.78 is 0.887. The zero-order valence-corrected chi connectivity index (χ0v) is 11.4. The third-order valence-corrected chi connectivity index (χ3v) is 4.28. The molecule has 1 fully saturated rings. The minimum absolute atomic E-state index is 0.684. The molecule has 1 aliphatic rings. The minimum Gasteiger partial charge on any atom is -0.344 e. The van der Waals surface area contributed by atoms with E-state index in [0.717, 1.165) is 15.6 Å². The Labute approximate surface area is 103 Å². The number of aromatic nitrogens is 2. The molecule has 1 aromatic rings. The standard InChI is InChI=1S/C10H16BrN3S/c1-2-5-8-6-3-4-7-14(8)10-13-12-9(11)15-10/h8H,2-7H2,1H3. The molecule has 0 aromatic carbocycles. The average molecular weight is 290 g/mol. The molecule has 0 saturated carbocycles. The van der Waals surface area contributed by atoms with Crippen LogP contribution in [0.5, 0.6) is 0 Å². The van der Waals surface area contributed by atoms with E-state index in [9.17, 15) is 0 Å². The molecule has 84 valence electrons. The molecule has 1 aromatic heterocycles. The number of piperidine rings is 1. The molecule has 1 saturated heterocycles. The molecule has 1 aliphatic heterocycles. The lowest BCUT2D eigenvalue weighted by Crippen LogP contribution is -2.39. The van der Waals surface area contributed by atoms with Crippen molar-refractivity contribution in [3.63, 3.8) is 0 Å². The first-order chi connectivity index (χ1) is 7.31. The summed E-state index contributed by atoms with van der Waals surface area (Å²) in [7, 11) is 0. The van der Waals surface area contributed by atoms with E-state index in [1.54, 1.807) is 11.3 Å². The third kappa shape index (κ3) is 2.69. The van der Waals surface area contributed by atoms with Crippen LogP contribution < -0.4 is 4.90 Å². The van der Waals surface area contributed by atoms with E-state index in [0.29, 0.717) is 6.04 Å².